The number of nitrogens with one attached hydrogen (secondary N) is 2. The largest absolute Gasteiger partial charge is 0.345 e. The lowest BCUT2D eigenvalue weighted by Crippen LogP contribution is -2.28. The highest BCUT2D eigenvalue weighted by molar-refractivity contribution is 7.91. The van der Waals surface area contributed by atoms with Gasteiger partial charge in [0.25, 0.3) is 5.91 Å². The van der Waals surface area contributed by atoms with E-state index in [1.807, 2.05) is 37.3 Å². The van der Waals surface area contributed by atoms with E-state index >= 15 is 0 Å². The molecular weight excluding hydrogens is 448 g/mol. The van der Waals surface area contributed by atoms with Crippen LogP contribution in [0.2, 0.25) is 5.02 Å². The first-order chi connectivity index (χ1) is 15.3. The molecule has 0 aromatic heterocycles. The molecule has 166 valence electrons. The molecule has 0 saturated carbocycles. The Bertz CT molecular complexity index is 1200. The highest BCUT2D eigenvalue weighted by Gasteiger charge is 2.19. The fourth-order valence-corrected chi connectivity index (χ4v) is 4.46. The molecule has 0 bridgehead atoms. The van der Waals surface area contributed by atoms with Crippen LogP contribution < -0.4 is 10.6 Å². The molecule has 3 aromatic carbocycles. The number of para-hydroxylation sites is 1. The van der Waals surface area contributed by atoms with Crippen molar-refractivity contribution in [3.63, 3.8) is 0 Å². The van der Waals surface area contributed by atoms with E-state index in [9.17, 15) is 18.0 Å². The monoisotopic (exact) mass is 470 g/mol. The standard InChI is InChI=1S/C24H23ClN2O4S/c1-17(18-7-3-2-4-8-18)26-24(29)21-9-5-6-10-22(21)27-23(28)15-16-32(30,31)20-13-11-19(25)12-14-20/h2-14,17H,15-16H2,1H3,(H,26,29)(H,27,28)/t17-/m0/s1. The summed E-state index contributed by atoms with van der Waals surface area (Å²) in [6.07, 6.45) is -0.249. The number of anilines is 1. The molecule has 0 spiro atoms. The maximum Gasteiger partial charge on any atom is 0.253 e. The molecule has 2 amide bonds. The van der Waals surface area contributed by atoms with Gasteiger partial charge >= 0.3 is 0 Å². The van der Waals surface area contributed by atoms with E-state index in [2.05, 4.69) is 10.6 Å². The van der Waals surface area contributed by atoms with Crippen LogP contribution in [0.3, 0.4) is 0 Å². The maximum absolute atomic E-state index is 12.8. The number of carbonyl (C=O) groups is 2. The zero-order valence-electron chi connectivity index (χ0n) is 17.4. The summed E-state index contributed by atoms with van der Waals surface area (Å²) in [5.41, 5.74) is 1.57. The molecule has 8 heteroatoms. The van der Waals surface area contributed by atoms with Crippen molar-refractivity contribution in [1.29, 1.82) is 0 Å². The summed E-state index contributed by atoms with van der Waals surface area (Å²) in [5, 5.41) is 5.99. The number of benzene rings is 3. The summed E-state index contributed by atoms with van der Waals surface area (Å²) in [6, 6.07) is 21.7. The summed E-state index contributed by atoms with van der Waals surface area (Å²) < 4.78 is 24.9. The lowest BCUT2D eigenvalue weighted by atomic mass is 10.1. The van der Waals surface area contributed by atoms with E-state index in [1.165, 1.54) is 24.3 Å². The lowest BCUT2D eigenvalue weighted by Gasteiger charge is -2.16. The second kappa shape index (κ2) is 10.4. The highest BCUT2D eigenvalue weighted by Crippen LogP contribution is 2.19. The van der Waals surface area contributed by atoms with Gasteiger partial charge < -0.3 is 10.6 Å². The van der Waals surface area contributed by atoms with Gasteiger partial charge in [-0.15, -0.1) is 0 Å². The fourth-order valence-electron chi connectivity index (χ4n) is 3.09. The predicted octanol–water partition coefficient (Wildman–Crippen LogP) is 4.63. The van der Waals surface area contributed by atoms with Crippen molar-refractivity contribution >= 4 is 38.9 Å². The van der Waals surface area contributed by atoms with Crippen molar-refractivity contribution in [1.82, 2.24) is 5.32 Å². The van der Waals surface area contributed by atoms with Gasteiger partial charge in [-0.1, -0.05) is 54.1 Å². The smallest absolute Gasteiger partial charge is 0.253 e. The molecule has 2 N–H and O–H groups in total. The Kier molecular flexibility index (Phi) is 7.66. The fraction of sp³-hybridized carbons (Fsp3) is 0.167. The molecule has 0 radical (unpaired) electrons. The molecule has 0 saturated heterocycles. The van der Waals surface area contributed by atoms with Gasteiger partial charge in [0.1, 0.15) is 0 Å². The van der Waals surface area contributed by atoms with E-state index in [0.717, 1.165) is 5.56 Å². The van der Waals surface area contributed by atoms with Crippen molar-refractivity contribution in [3.05, 3.63) is 95.0 Å². The predicted molar refractivity (Wildman–Crippen MR) is 126 cm³/mol. The Morgan fingerprint density at radius 2 is 1.53 bits per heavy atom. The van der Waals surface area contributed by atoms with Crippen LogP contribution in [0.5, 0.6) is 0 Å². The summed E-state index contributed by atoms with van der Waals surface area (Å²) >= 11 is 5.79. The van der Waals surface area contributed by atoms with E-state index in [1.54, 1.807) is 24.3 Å². The van der Waals surface area contributed by atoms with E-state index in [4.69, 9.17) is 11.6 Å². The molecule has 0 fully saturated rings. The number of sulfone groups is 1. The molecule has 0 aliphatic carbocycles. The van der Waals surface area contributed by atoms with Crippen molar-refractivity contribution in [2.75, 3.05) is 11.1 Å². The minimum atomic E-state index is -3.64. The Balaban J connectivity index is 1.64. The minimum absolute atomic E-state index is 0.101. The van der Waals surface area contributed by atoms with E-state index in [-0.39, 0.29) is 29.0 Å². The van der Waals surface area contributed by atoms with Crippen LogP contribution in [-0.4, -0.2) is 26.0 Å². The summed E-state index contributed by atoms with van der Waals surface area (Å²) in [7, 11) is -3.64. The van der Waals surface area contributed by atoms with Crippen LogP contribution in [-0.2, 0) is 14.6 Å². The van der Waals surface area contributed by atoms with Gasteiger partial charge in [0.05, 0.1) is 27.9 Å². The molecule has 0 heterocycles. The van der Waals surface area contributed by atoms with Gasteiger partial charge in [-0.2, -0.15) is 0 Å². The zero-order chi connectivity index (χ0) is 23.1. The Morgan fingerprint density at radius 1 is 0.906 bits per heavy atom. The first-order valence-corrected chi connectivity index (χ1v) is 12.0. The van der Waals surface area contributed by atoms with E-state index < -0.39 is 15.7 Å². The SMILES string of the molecule is C[C@H](NC(=O)c1ccccc1NC(=O)CCS(=O)(=O)c1ccc(Cl)cc1)c1ccccc1. The van der Waals surface area contributed by atoms with Crippen LogP contribution in [0.4, 0.5) is 5.69 Å². The topological polar surface area (TPSA) is 92.3 Å². The highest BCUT2D eigenvalue weighted by atomic mass is 35.5. The lowest BCUT2D eigenvalue weighted by molar-refractivity contribution is -0.115. The molecule has 0 aliphatic rings. The number of halogens is 1. The molecule has 3 rings (SSSR count). The molecule has 3 aromatic rings. The molecule has 1 atom stereocenters. The first-order valence-electron chi connectivity index (χ1n) is 9.99. The van der Waals surface area contributed by atoms with Crippen molar-refractivity contribution in [2.24, 2.45) is 0 Å². The average Bonchev–Trinajstić information content (AvgIpc) is 2.79. The van der Waals surface area contributed by atoms with Gasteiger partial charge in [0.15, 0.2) is 9.84 Å². The first kappa shape index (κ1) is 23.5. The third-order valence-corrected chi connectivity index (χ3v) is 6.85. The van der Waals surface area contributed by atoms with Crippen LogP contribution in [0.25, 0.3) is 0 Å². The van der Waals surface area contributed by atoms with Crippen LogP contribution in [0, 0.1) is 0 Å². The molecule has 0 aliphatic heterocycles. The van der Waals surface area contributed by atoms with Gasteiger partial charge in [-0.05, 0) is 48.9 Å². The van der Waals surface area contributed by atoms with Crippen molar-refractivity contribution < 1.29 is 18.0 Å². The van der Waals surface area contributed by atoms with Crippen molar-refractivity contribution in [2.45, 2.75) is 24.3 Å². The minimum Gasteiger partial charge on any atom is -0.345 e. The second-order valence-corrected chi connectivity index (χ2v) is 9.77. The van der Waals surface area contributed by atoms with Crippen molar-refractivity contribution in [3.8, 4) is 0 Å². The molecule has 0 unspecified atom stereocenters. The third kappa shape index (κ3) is 6.18. The number of hydrogen-bond acceptors (Lipinski definition) is 4. The molecular formula is C24H23ClN2O4S. The maximum atomic E-state index is 12.8. The number of hydrogen-bond donors (Lipinski definition) is 2. The van der Waals surface area contributed by atoms with Crippen LogP contribution in [0.1, 0.15) is 35.3 Å². The summed E-state index contributed by atoms with van der Waals surface area (Å²) in [6.45, 7) is 1.87. The zero-order valence-corrected chi connectivity index (χ0v) is 19.0. The van der Waals surface area contributed by atoms with Crippen LogP contribution in [0.15, 0.2) is 83.8 Å². The summed E-state index contributed by atoms with van der Waals surface area (Å²) in [4.78, 5) is 25.3. The third-order valence-electron chi connectivity index (χ3n) is 4.86. The van der Waals surface area contributed by atoms with Gasteiger partial charge in [0.2, 0.25) is 5.91 Å². The Hall–Kier alpha value is -3.16. The van der Waals surface area contributed by atoms with Gasteiger partial charge in [0, 0.05) is 11.4 Å². The normalized spacial score (nSPS) is 12.1. The second-order valence-electron chi connectivity index (χ2n) is 7.22. The molecule has 32 heavy (non-hydrogen) atoms. The van der Waals surface area contributed by atoms with E-state index in [0.29, 0.717) is 16.3 Å². The summed E-state index contributed by atoms with van der Waals surface area (Å²) in [5.74, 6) is -1.20. The van der Waals surface area contributed by atoms with Gasteiger partial charge in [-0.3, -0.25) is 9.59 Å². The number of rotatable bonds is 8. The molecule has 6 nitrogen and oxygen atoms in total. The Labute approximate surface area is 192 Å². The van der Waals surface area contributed by atoms with Crippen LogP contribution >= 0.6 is 11.6 Å². The van der Waals surface area contributed by atoms with Gasteiger partial charge in [-0.25, -0.2) is 8.42 Å². The Morgan fingerprint density at radius 3 is 2.22 bits per heavy atom. The average molecular weight is 471 g/mol. The number of carbonyl (C=O) groups excluding carboxylic acids is 2. The number of amides is 2. The quantitative estimate of drug-likeness (QED) is 0.502.